The van der Waals surface area contributed by atoms with Crippen LogP contribution in [0.3, 0.4) is 0 Å². The molecule has 0 rings (SSSR count). The van der Waals surface area contributed by atoms with Gasteiger partial charge < -0.3 is 5.11 Å². The Morgan fingerprint density at radius 1 is 1.45 bits per heavy atom. The number of hydrogen-bond acceptors (Lipinski definition) is 1. The Morgan fingerprint density at radius 3 is 2.45 bits per heavy atom. The van der Waals surface area contributed by atoms with Crippen molar-refractivity contribution >= 4 is 0 Å². The zero-order valence-corrected chi connectivity index (χ0v) is 7.56. The predicted molar refractivity (Wildman–Crippen MR) is 48.2 cm³/mol. The van der Waals surface area contributed by atoms with Crippen molar-refractivity contribution < 1.29 is 5.11 Å². The van der Waals surface area contributed by atoms with Gasteiger partial charge in [-0.1, -0.05) is 26.7 Å². The van der Waals surface area contributed by atoms with Gasteiger partial charge in [0.2, 0.25) is 0 Å². The van der Waals surface area contributed by atoms with E-state index in [1.807, 2.05) is 6.92 Å². The molecule has 0 spiro atoms. The van der Waals surface area contributed by atoms with Crippen molar-refractivity contribution in [3.63, 3.8) is 0 Å². The molecule has 64 valence electrons. The van der Waals surface area contributed by atoms with Gasteiger partial charge in [-0.05, 0) is 12.8 Å². The molecule has 0 heterocycles. The summed E-state index contributed by atoms with van der Waals surface area (Å²) in [5.41, 5.74) is -0.592. The highest BCUT2D eigenvalue weighted by Gasteiger charge is 2.21. The van der Waals surface area contributed by atoms with Gasteiger partial charge in [0, 0.05) is 6.42 Å². The van der Waals surface area contributed by atoms with Gasteiger partial charge in [-0.25, -0.2) is 0 Å². The maximum atomic E-state index is 9.81. The third kappa shape index (κ3) is 4.06. The fourth-order valence-corrected chi connectivity index (χ4v) is 1.09. The van der Waals surface area contributed by atoms with Crippen molar-refractivity contribution in [2.24, 2.45) is 0 Å². The van der Waals surface area contributed by atoms with Crippen LogP contribution in [0.25, 0.3) is 0 Å². The number of terminal acetylenes is 1. The van der Waals surface area contributed by atoms with Crippen LogP contribution in [0.5, 0.6) is 0 Å². The average molecular weight is 154 g/mol. The first-order valence-electron chi connectivity index (χ1n) is 4.34. The summed E-state index contributed by atoms with van der Waals surface area (Å²) < 4.78 is 0. The molecule has 0 aliphatic heterocycles. The second-order valence-electron chi connectivity index (χ2n) is 3.06. The molecule has 1 nitrogen and oxygen atoms in total. The Hall–Kier alpha value is -0.480. The fourth-order valence-electron chi connectivity index (χ4n) is 1.09. The fraction of sp³-hybridized carbons (Fsp3) is 0.800. The molecule has 0 aromatic carbocycles. The van der Waals surface area contributed by atoms with Crippen LogP contribution in [-0.4, -0.2) is 10.7 Å². The molecule has 0 bridgehead atoms. The van der Waals surface area contributed by atoms with Gasteiger partial charge >= 0.3 is 0 Å². The minimum Gasteiger partial charge on any atom is -0.389 e. The summed E-state index contributed by atoms with van der Waals surface area (Å²) in [6.07, 6.45) is 9.42. The van der Waals surface area contributed by atoms with Crippen molar-refractivity contribution in [1.82, 2.24) is 0 Å². The topological polar surface area (TPSA) is 20.2 Å². The number of hydrogen-bond donors (Lipinski definition) is 1. The van der Waals surface area contributed by atoms with Crippen molar-refractivity contribution in [3.8, 4) is 12.3 Å². The van der Waals surface area contributed by atoms with Crippen LogP contribution in [0, 0.1) is 12.3 Å². The second-order valence-corrected chi connectivity index (χ2v) is 3.06. The molecule has 0 aromatic heterocycles. The summed E-state index contributed by atoms with van der Waals surface area (Å²) in [7, 11) is 0. The van der Waals surface area contributed by atoms with Crippen molar-refractivity contribution in [2.45, 2.75) is 51.6 Å². The molecule has 1 N–H and O–H groups in total. The van der Waals surface area contributed by atoms with Crippen molar-refractivity contribution in [2.75, 3.05) is 0 Å². The molecule has 1 unspecified atom stereocenters. The average Bonchev–Trinajstić information content (AvgIpc) is 2.02. The van der Waals surface area contributed by atoms with E-state index in [4.69, 9.17) is 6.42 Å². The van der Waals surface area contributed by atoms with Crippen LogP contribution in [-0.2, 0) is 0 Å². The minimum absolute atomic E-state index is 0.490. The maximum Gasteiger partial charge on any atom is 0.0753 e. The van der Waals surface area contributed by atoms with Crippen LogP contribution >= 0.6 is 0 Å². The quantitative estimate of drug-likeness (QED) is 0.603. The van der Waals surface area contributed by atoms with E-state index in [2.05, 4.69) is 12.8 Å². The smallest absolute Gasteiger partial charge is 0.0753 e. The van der Waals surface area contributed by atoms with Gasteiger partial charge in [-0.3, -0.25) is 0 Å². The molecule has 1 heteroatoms. The SMILES string of the molecule is C#CCC(O)(CC)CCCC. The normalized spacial score (nSPS) is 15.5. The number of rotatable bonds is 5. The number of unbranched alkanes of at least 4 members (excludes halogenated alkanes) is 1. The van der Waals surface area contributed by atoms with Crippen LogP contribution in [0.4, 0.5) is 0 Å². The van der Waals surface area contributed by atoms with Crippen LogP contribution in [0.2, 0.25) is 0 Å². The van der Waals surface area contributed by atoms with E-state index in [0.29, 0.717) is 6.42 Å². The molecule has 0 amide bonds. The summed E-state index contributed by atoms with van der Waals surface area (Å²) in [4.78, 5) is 0. The van der Waals surface area contributed by atoms with Crippen LogP contribution < -0.4 is 0 Å². The van der Waals surface area contributed by atoms with E-state index < -0.39 is 5.60 Å². The van der Waals surface area contributed by atoms with Gasteiger partial charge in [0.05, 0.1) is 5.60 Å². The molecule has 0 aliphatic rings. The summed E-state index contributed by atoms with van der Waals surface area (Å²) in [6, 6.07) is 0. The first kappa shape index (κ1) is 10.5. The van der Waals surface area contributed by atoms with Gasteiger partial charge in [0.1, 0.15) is 0 Å². The summed E-state index contributed by atoms with van der Waals surface area (Å²) in [5.74, 6) is 2.52. The maximum absolute atomic E-state index is 9.81. The van der Waals surface area contributed by atoms with Gasteiger partial charge in [-0.15, -0.1) is 12.3 Å². The summed E-state index contributed by atoms with van der Waals surface area (Å²) in [5, 5.41) is 9.81. The highest BCUT2D eigenvalue weighted by molar-refractivity contribution is 4.94. The number of aliphatic hydroxyl groups is 1. The highest BCUT2D eigenvalue weighted by atomic mass is 16.3. The van der Waals surface area contributed by atoms with E-state index in [9.17, 15) is 5.11 Å². The summed E-state index contributed by atoms with van der Waals surface area (Å²) in [6.45, 7) is 4.10. The molecule has 0 saturated carbocycles. The van der Waals surface area contributed by atoms with Gasteiger partial charge in [-0.2, -0.15) is 0 Å². The van der Waals surface area contributed by atoms with E-state index in [0.717, 1.165) is 25.7 Å². The second kappa shape index (κ2) is 5.21. The molecule has 0 saturated heterocycles. The predicted octanol–water partition coefficient (Wildman–Crippen LogP) is 2.34. The van der Waals surface area contributed by atoms with Crippen LogP contribution in [0.15, 0.2) is 0 Å². The Kier molecular flexibility index (Phi) is 4.98. The van der Waals surface area contributed by atoms with Gasteiger partial charge in [0.25, 0.3) is 0 Å². The molecule has 11 heavy (non-hydrogen) atoms. The molecule has 0 fully saturated rings. The van der Waals surface area contributed by atoms with E-state index in [1.54, 1.807) is 0 Å². The first-order chi connectivity index (χ1) is 5.18. The third-order valence-electron chi connectivity index (χ3n) is 2.08. The lowest BCUT2D eigenvalue weighted by Crippen LogP contribution is -2.26. The molecule has 1 atom stereocenters. The monoisotopic (exact) mass is 154 g/mol. The van der Waals surface area contributed by atoms with E-state index in [-0.39, 0.29) is 0 Å². The standard InChI is InChI=1S/C10H18O/c1-4-7-9-10(11,6-3)8-5-2/h2,11H,4,6-9H2,1,3H3. The molecular weight excluding hydrogens is 136 g/mol. The highest BCUT2D eigenvalue weighted by Crippen LogP contribution is 2.21. The zero-order chi connectivity index (χ0) is 8.74. The minimum atomic E-state index is -0.592. The van der Waals surface area contributed by atoms with Gasteiger partial charge in [0.15, 0.2) is 0 Å². The third-order valence-corrected chi connectivity index (χ3v) is 2.08. The first-order valence-corrected chi connectivity index (χ1v) is 4.34. The largest absolute Gasteiger partial charge is 0.389 e. The Balaban J connectivity index is 3.80. The van der Waals surface area contributed by atoms with Crippen molar-refractivity contribution in [3.05, 3.63) is 0 Å². The Bertz CT molecular complexity index is 134. The Labute approximate surface area is 69.8 Å². The zero-order valence-electron chi connectivity index (χ0n) is 7.56. The molecule has 0 aliphatic carbocycles. The summed E-state index contributed by atoms with van der Waals surface area (Å²) >= 11 is 0. The molecular formula is C10H18O. The lowest BCUT2D eigenvalue weighted by Gasteiger charge is -2.23. The lowest BCUT2D eigenvalue weighted by atomic mass is 9.91. The molecule has 0 radical (unpaired) electrons. The lowest BCUT2D eigenvalue weighted by molar-refractivity contribution is 0.0304. The van der Waals surface area contributed by atoms with E-state index >= 15 is 0 Å². The van der Waals surface area contributed by atoms with Crippen molar-refractivity contribution in [1.29, 1.82) is 0 Å². The Morgan fingerprint density at radius 2 is 2.09 bits per heavy atom. The van der Waals surface area contributed by atoms with E-state index in [1.165, 1.54) is 0 Å². The molecule has 0 aromatic rings. The van der Waals surface area contributed by atoms with Crippen LogP contribution in [0.1, 0.15) is 46.0 Å².